The molecule has 0 aliphatic rings. The highest BCUT2D eigenvalue weighted by Gasteiger charge is 2.16. The number of benzene rings is 3. The maximum absolute atomic E-state index is 10.9. The van der Waals surface area contributed by atoms with Crippen molar-refractivity contribution in [3.8, 4) is 11.4 Å². The van der Waals surface area contributed by atoms with Crippen LogP contribution in [0.15, 0.2) is 60.7 Å². The molecule has 24 heavy (non-hydrogen) atoms. The van der Waals surface area contributed by atoms with Crippen molar-refractivity contribution in [2.75, 3.05) is 7.05 Å². The van der Waals surface area contributed by atoms with Crippen LogP contribution in [0.3, 0.4) is 0 Å². The molecule has 0 fully saturated rings. The van der Waals surface area contributed by atoms with Crippen molar-refractivity contribution in [2.24, 2.45) is 0 Å². The molecule has 4 aromatic rings. The fourth-order valence-electron chi connectivity index (χ4n) is 3.51. The third-order valence-electron chi connectivity index (χ3n) is 4.50. The van der Waals surface area contributed by atoms with Gasteiger partial charge in [-0.2, -0.15) is 0 Å². The van der Waals surface area contributed by atoms with Crippen molar-refractivity contribution in [2.45, 2.75) is 13.5 Å². The number of aromatic hydroxyl groups is 1. The summed E-state index contributed by atoms with van der Waals surface area (Å²) in [6.45, 7) is 2.70. The fraction of sp³-hybridized carbons (Fsp3) is 0.143. The molecule has 0 unspecified atom stereocenters. The number of rotatable bonds is 3. The lowest BCUT2D eigenvalue weighted by molar-refractivity contribution is 0.464. The van der Waals surface area contributed by atoms with E-state index in [0.29, 0.717) is 12.3 Å². The average Bonchev–Trinajstić information content (AvgIpc) is 2.93. The van der Waals surface area contributed by atoms with E-state index in [9.17, 15) is 5.11 Å². The minimum Gasteiger partial charge on any atom is -0.505 e. The summed E-state index contributed by atoms with van der Waals surface area (Å²) in [5, 5.41) is 16.4. The van der Waals surface area contributed by atoms with Crippen molar-refractivity contribution in [3.05, 3.63) is 71.8 Å². The summed E-state index contributed by atoms with van der Waals surface area (Å²) in [5.74, 6) is 0.335. The molecule has 3 aromatic carbocycles. The fourth-order valence-corrected chi connectivity index (χ4v) is 3.51. The molecule has 1 heterocycles. The van der Waals surface area contributed by atoms with Crippen LogP contribution in [0.25, 0.3) is 27.5 Å². The number of aryl methyl sites for hydroxylation is 1. The lowest BCUT2D eigenvalue weighted by atomic mass is 10.1. The van der Waals surface area contributed by atoms with E-state index >= 15 is 0 Å². The van der Waals surface area contributed by atoms with Gasteiger partial charge < -0.3 is 15.0 Å². The van der Waals surface area contributed by atoms with Crippen LogP contribution < -0.4 is 5.32 Å². The van der Waals surface area contributed by atoms with E-state index in [-0.39, 0.29) is 0 Å². The molecule has 3 heteroatoms. The number of nitrogens with one attached hydrogen (secondary N) is 1. The van der Waals surface area contributed by atoms with Crippen LogP contribution in [-0.4, -0.2) is 16.7 Å². The van der Waals surface area contributed by atoms with E-state index in [1.165, 1.54) is 10.8 Å². The van der Waals surface area contributed by atoms with E-state index in [2.05, 4.69) is 53.2 Å². The van der Waals surface area contributed by atoms with Gasteiger partial charge in [0.1, 0.15) is 5.75 Å². The SMILES string of the molecule is CNCc1cc(C)cc(-n2c3ccccc3c3ccccc32)c1O. The number of phenolic OH excluding ortho intramolecular Hbond substituents is 1. The molecule has 120 valence electrons. The second-order valence-electron chi connectivity index (χ2n) is 6.19. The van der Waals surface area contributed by atoms with Crippen LogP contribution in [0.2, 0.25) is 0 Å². The van der Waals surface area contributed by atoms with Gasteiger partial charge in [-0.05, 0) is 37.7 Å². The number of hydrogen-bond donors (Lipinski definition) is 2. The average molecular weight is 316 g/mol. The summed E-state index contributed by atoms with van der Waals surface area (Å²) in [4.78, 5) is 0. The second kappa shape index (κ2) is 5.69. The normalized spacial score (nSPS) is 11.4. The summed E-state index contributed by atoms with van der Waals surface area (Å²) in [5.41, 5.74) is 5.09. The summed E-state index contributed by atoms with van der Waals surface area (Å²) >= 11 is 0. The van der Waals surface area contributed by atoms with E-state index < -0.39 is 0 Å². The van der Waals surface area contributed by atoms with Crippen molar-refractivity contribution in [3.63, 3.8) is 0 Å². The minimum absolute atomic E-state index is 0.335. The quantitative estimate of drug-likeness (QED) is 0.583. The van der Waals surface area contributed by atoms with Crippen LogP contribution in [-0.2, 0) is 6.54 Å². The molecule has 0 saturated carbocycles. The van der Waals surface area contributed by atoms with Crippen molar-refractivity contribution >= 4 is 21.8 Å². The maximum Gasteiger partial charge on any atom is 0.144 e. The molecule has 0 aliphatic carbocycles. The van der Waals surface area contributed by atoms with Gasteiger partial charge in [0.2, 0.25) is 0 Å². The molecule has 0 bridgehead atoms. The lowest BCUT2D eigenvalue weighted by Crippen LogP contribution is -2.07. The molecule has 3 nitrogen and oxygen atoms in total. The zero-order chi connectivity index (χ0) is 16.7. The Morgan fingerprint density at radius 1 is 0.917 bits per heavy atom. The first-order valence-corrected chi connectivity index (χ1v) is 8.16. The molecule has 4 rings (SSSR count). The predicted octanol–water partition coefficient (Wildman–Crippen LogP) is 4.52. The first-order chi connectivity index (χ1) is 11.7. The Morgan fingerprint density at radius 3 is 2.08 bits per heavy atom. The van der Waals surface area contributed by atoms with E-state index in [1.807, 2.05) is 31.3 Å². The highest BCUT2D eigenvalue weighted by atomic mass is 16.3. The first kappa shape index (κ1) is 14.8. The van der Waals surface area contributed by atoms with Gasteiger partial charge >= 0.3 is 0 Å². The summed E-state index contributed by atoms with van der Waals surface area (Å²) in [7, 11) is 1.89. The van der Waals surface area contributed by atoms with E-state index in [1.54, 1.807) is 0 Å². The third kappa shape index (κ3) is 2.17. The molecular formula is C21H20N2O. The summed E-state index contributed by atoms with van der Waals surface area (Å²) in [6, 6.07) is 20.8. The van der Waals surface area contributed by atoms with Crippen LogP contribution in [0.4, 0.5) is 0 Å². The first-order valence-electron chi connectivity index (χ1n) is 8.16. The Balaban J connectivity index is 2.13. The molecule has 0 spiro atoms. The summed E-state index contributed by atoms with van der Waals surface area (Å²) in [6.07, 6.45) is 0. The van der Waals surface area contributed by atoms with Crippen molar-refractivity contribution < 1.29 is 5.11 Å². The molecule has 0 radical (unpaired) electrons. The standard InChI is InChI=1S/C21H20N2O/c1-14-11-15(13-22-2)21(24)20(12-14)23-18-9-5-3-7-16(18)17-8-4-6-10-19(17)23/h3-12,22,24H,13H2,1-2H3. The summed E-state index contributed by atoms with van der Waals surface area (Å²) < 4.78 is 2.16. The molecular weight excluding hydrogens is 296 g/mol. The maximum atomic E-state index is 10.9. The Kier molecular flexibility index (Phi) is 3.51. The largest absolute Gasteiger partial charge is 0.505 e. The van der Waals surface area contributed by atoms with Crippen LogP contribution in [0, 0.1) is 6.92 Å². The van der Waals surface area contributed by atoms with Gasteiger partial charge in [-0.3, -0.25) is 0 Å². The highest BCUT2D eigenvalue weighted by molar-refractivity contribution is 6.09. The Morgan fingerprint density at radius 2 is 1.50 bits per heavy atom. The van der Waals surface area contributed by atoms with Gasteiger partial charge in [-0.15, -0.1) is 0 Å². The van der Waals surface area contributed by atoms with Gasteiger partial charge in [0.25, 0.3) is 0 Å². The zero-order valence-corrected chi connectivity index (χ0v) is 13.9. The number of nitrogens with zero attached hydrogens (tertiary/aromatic N) is 1. The molecule has 1 aromatic heterocycles. The Hall–Kier alpha value is -2.78. The molecule has 0 aliphatic heterocycles. The molecule has 0 saturated heterocycles. The van der Waals surface area contributed by atoms with Gasteiger partial charge in [-0.25, -0.2) is 0 Å². The number of fused-ring (bicyclic) bond motifs is 3. The van der Waals surface area contributed by atoms with Gasteiger partial charge in [-0.1, -0.05) is 42.5 Å². The van der Waals surface area contributed by atoms with E-state index in [0.717, 1.165) is 27.8 Å². The monoisotopic (exact) mass is 316 g/mol. The molecule has 2 N–H and O–H groups in total. The van der Waals surface area contributed by atoms with Gasteiger partial charge in [0.15, 0.2) is 0 Å². The van der Waals surface area contributed by atoms with Gasteiger partial charge in [0.05, 0.1) is 16.7 Å². The number of phenols is 1. The highest BCUT2D eigenvalue weighted by Crippen LogP contribution is 2.36. The lowest BCUT2D eigenvalue weighted by Gasteiger charge is -2.14. The zero-order valence-electron chi connectivity index (χ0n) is 13.9. The van der Waals surface area contributed by atoms with Crippen LogP contribution >= 0.6 is 0 Å². The van der Waals surface area contributed by atoms with Crippen molar-refractivity contribution in [1.82, 2.24) is 9.88 Å². The van der Waals surface area contributed by atoms with Crippen LogP contribution in [0.5, 0.6) is 5.75 Å². The Bertz CT molecular complexity index is 993. The number of para-hydroxylation sites is 2. The van der Waals surface area contributed by atoms with Gasteiger partial charge in [0, 0.05) is 22.9 Å². The second-order valence-corrected chi connectivity index (χ2v) is 6.19. The number of hydrogen-bond acceptors (Lipinski definition) is 2. The predicted molar refractivity (Wildman–Crippen MR) is 99.9 cm³/mol. The number of aromatic nitrogens is 1. The third-order valence-corrected chi connectivity index (χ3v) is 4.50. The Labute approximate surface area is 141 Å². The van der Waals surface area contributed by atoms with Crippen LogP contribution in [0.1, 0.15) is 11.1 Å². The molecule has 0 atom stereocenters. The topological polar surface area (TPSA) is 37.2 Å². The van der Waals surface area contributed by atoms with E-state index in [4.69, 9.17) is 0 Å². The minimum atomic E-state index is 0.335. The smallest absolute Gasteiger partial charge is 0.144 e. The van der Waals surface area contributed by atoms with Crippen molar-refractivity contribution in [1.29, 1.82) is 0 Å². The molecule has 0 amide bonds.